The zero-order valence-electron chi connectivity index (χ0n) is 5.48. The van der Waals surface area contributed by atoms with Crippen LogP contribution in [0.5, 0.6) is 5.75 Å². The highest BCUT2D eigenvalue weighted by atomic mass is 16.5. The van der Waals surface area contributed by atoms with E-state index in [9.17, 15) is 4.79 Å². The summed E-state index contributed by atoms with van der Waals surface area (Å²) in [5, 5.41) is 17.1. The normalized spacial score (nSPS) is 9.18. The molecule has 11 heavy (non-hydrogen) atoms. The van der Waals surface area contributed by atoms with E-state index in [0.29, 0.717) is 0 Å². The summed E-state index contributed by atoms with van der Waals surface area (Å²) in [6.07, 6.45) is 1.34. The Labute approximate surface area is 62.3 Å². The van der Waals surface area contributed by atoms with Gasteiger partial charge in [0.2, 0.25) is 0 Å². The van der Waals surface area contributed by atoms with Crippen LogP contribution in [0.2, 0.25) is 0 Å². The molecule has 3 N–H and O–H groups in total. The molecule has 0 aliphatic heterocycles. The van der Waals surface area contributed by atoms with Crippen molar-refractivity contribution in [1.29, 1.82) is 0 Å². The highest BCUT2D eigenvalue weighted by Crippen LogP contribution is 2.11. The maximum atomic E-state index is 10.7. The molecular formula is C6H6N2O3. The molecular weight excluding hydrogens is 148 g/mol. The van der Waals surface area contributed by atoms with Gasteiger partial charge < -0.3 is 5.11 Å². The molecule has 0 spiro atoms. The second-order valence-electron chi connectivity index (χ2n) is 1.81. The fourth-order valence-corrected chi connectivity index (χ4v) is 0.625. The first-order chi connectivity index (χ1) is 5.25. The van der Waals surface area contributed by atoms with Crippen LogP contribution in [0.25, 0.3) is 0 Å². The molecule has 0 saturated heterocycles. The van der Waals surface area contributed by atoms with Gasteiger partial charge in [0.15, 0.2) is 5.69 Å². The van der Waals surface area contributed by atoms with Gasteiger partial charge in [0.1, 0.15) is 5.75 Å². The van der Waals surface area contributed by atoms with Crippen molar-refractivity contribution < 1.29 is 15.1 Å². The summed E-state index contributed by atoms with van der Waals surface area (Å²) in [6, 6.07) is 2.78. The van der Waals surface area contributed by atoms with E-state index < -0.39 is 5.91 Å². The number of carbonyl (C=O) groups excluding carboxylic acids is 1. The van der Waals surface area contributed by atoms with Gasteiger partial charge in [-0.05, 0) is 12.1 Å². The van der Waals surface area contributed by atoms with Crippen LogP contribution in [0.3, 0.4) is 0 Å². The Balaban J connectivity index is 3.03. The number of hydrogen-bond acceptors (Lipinski definition) is 4. The third kappa shape index (κ3) is 1.44. The molecule has 1 amide bonds. The van der Waals surface area contributed by atoms with Gasteiger partial charge in [0.25, 0.3) is 5.91 Å². The van der Waals surface area contributed by atoms with Gasteiger partial charge in [0, 0.05) is 6.20 Å². The van der Waals surface area contributed by atoms with Crippen molar-refractivity contribution in [1.82, 2.24) is 10.5 Å². The lowest BCUT2D eigenvalue weighted by molar-refractivity contribution is 0.0697. The summed E-state index contributed by atoms with van der Waals surface area (Å²) in [4.78, 5) is 14.2. The highest BCUT2D eigenvalue weighted by Gasteiger charge is 2.09. The van der Waals surface area contributed by atoms with Gasteiger partial charge >= 0.3 is 0 Å². The third-order valence-corrected chi connectivity index (χ3v) is 1.10. The first kappa shape index (κ1) is 7.49. The average molecular weight is 154 g/mol. The number of amides is 1. The molecule has 58 valence electrons. The van der Waals surface area contributed by atoms with Crippen molar-refractivity contribution in [3.05, 3.63) is 24.0 Å². The smallest absolute Gasteiger partial charge is 0.297 e. The third-order valence-electron chi connectivity index (χ3n) is 1.10. The van der Waals surface area contributed by atoms with E-state index in [4.69, 9.17) is 10.3 Å². The van der Waals surface area contributed by atoms with E-state index in [1.165, 1.54) is 23.8 Å². The molecule has 5 nitrogen and oxygen atoms in total. The zero-order chi connectivity index (χ0) is 8.27. The highest BCUT2D eigenvalue weighted by molar-refractivity contribution is 5.93. The van der Waals surface area contributed by atoms with Crippen LogP contribution in [-0.2, 0) is 0 Å². The Hall–Kier alpha value is -1.62. The van der Waals surface area contributed by atoms with Crippen LogP contribution in [0.4, 0.5) is 0 Å². The summed E-state index contributed by atoms with van der Waals surface area (Å²) in [5.74, 6) is -1.10. The lowest BCUT2D eigenvalue weighted by atomic mass is 10.3. The summed E-state index contributed by atoms with van der Waals surface area (Å²) in [7, 11) is 0. The zero-order valence-corrected chi connectivity index (χ0v) is 5.48. The van der Waals surface area contributed by atoms with Crippen LogP contribution in [0, 0.1) is 0 Å². The second-order valence-corrected chi connectivity index (χ2v) is 1.81. The predicted molar refractivity (Wildman–Crippen MR) is 35.2 cm³/mol. The van der Waals surface area contributed by atoms with Crippen molar-refractivity contribution in [2.24, 2.45) is 0 Å². The predicted octanol–water partition coefficient (Wildman–Crippen LogP) is -0.0938. The number of carbonyl (C=O) groups is 1. The minimum atomic E-state index is -0.830. The van der Waals surface area contributed by atoms with Gasteiger partial charge in [-0.15, -0.1) is 0 Å². The van der Waals surface area contributed by atoms with Crippen molar-refractivity contribution >= 4 is 5.91 Å². The monoisotopic (exact) mass is 154 g/mol. The molecule has 5 heteroatoms. The van der Waals surface area contributed by atoms with Gasteiger partial charge in [0.05, 0.1) is 0 Å². The van der Waals surface area contributed by atoms with Gasteiger partial charge in [-0.2, -0.15) is 0 Å². The number of hydroxylamine groups is 1. The van der Waals surface area contributed by atoms with Crippen molar-refractivity contribution in [2.45, 2.75) is 0 Å². The number of hydrogen-bond donors (Lipinski definition) is 3. The molecule has 0 aliphatic rings. The number of aromatic hydroxyl groups is 1. The van der Waals surface area contributed by atoms with E-state index in [2.05, 4.69) is 4.98 Å². The van der Waals surface area contributed by atoms with Crippen LogP contribution in [0.1, 0.15) is 10.5 Å². The number of nitrogens with zero attached hydrogens (tertiary/aromatic N) is 1. The molecule has 1 aromatic heterocycles. The van der Waals surface area contributed by atoms with E-state index in [0.717, 1.165) is 0 Å². The van der Waals surface area contributed by atoms with Crippen LogP contribution in [-0.4, -0.2) is 21.2 Å². The quantitative estimate of drug-likeness (QED) is 0.390. The molecule has 1 aromatic rings. The average Bonchev–Trinajstić information content (AvgIpc) is 2.04. The van der Waals surface area contributed by atoms with E-state index >= 15 is 0 Å². The molecule has 0 aromatic carbocycles. The second kappa shape index (κ2) is 2.98. The molecule has 0 unspecified atom stereocenters. The Bertz CT molecular complexity index is 274. The lowest BCUT2D eigenvalue weighted by Gasteiger charge is -1.98. The van der Waals surface area contributed by atoms with Crippen LogP contribution >= 0.6 is 0 Å². The van der Waals surface area contributed by atoms with Crippen LogP contribution < -0.4 is 5.48 Å². The minimum Gasteiger partial charge on any atom is -0.505 e. The standard InChI is InChI=1S/C6H6N2O3/c9-4-2-1-3-7-5(4)6(10)8-11/h1-3,9,11H,(H,8,10). The fourth-order valence-electron chi connectivity index (χ4n) is 0.625. The summed E-state index contributed by atoms with van der Waals surface area (Å²) >= 11 is 0. The first-order valence-corrected chi connectivity index (χ1v) is 2.84. The topological polar surface area (TPSA) is 82.5 Å². The number of rotatable bonds is 1. The molecule has 0 atom stereocenters. The number of nitrogens with one attached hydrogen (secondary N) is 1. The molecule has 0 fully saturated rings. The van der Waals surface area contributed by atoms with Gasteiger partial charge in [-0.3, -0.25) is 10.0 Å². The SMILES string of the molecule is O=C(NO)c1ncccc1O. The Kier molecular flexibility index (Phi) is 2.03. The molecule has 1 rings (SSSR count). The molecule has 0 radical (unpaired) electrons. The minimum absolute atomic E-state index is 0.199. The first-order valence-electron chi connectivity index (χ1n) is 2.84. The summed E-state index contributed by atoms with van der Waals surface area (Å²) < 4.78 is 0. The number of pyridine rings is 1. The maximum Gasteiger partial charge on any atom is 0.297 e. The largest absolute Gasteiger partial charge is 0.505 e. The fraction of sp³-hybridized carbons (Fsp3) is 0. The van der Waals surface area contributed by atoms with Crippen LogP contribution in [0.15, 0.2) is 18.3 Å². The Morgan fingerprint density at radius 1 is 1.64 bits per heavy atom. The van der Waals surface area contributed by atoms with Crippen molar-refractivity contribution in [3.63, 3.8) is 0 Å². The summed E-state index contributed by atoms with van der Waals surface area (Å²) in [5.41, 5.74) is 1.16. The van der Waals surface area contributed by atoms with Gasteiger partial charge in [-0.25, -0.2) is 10.5 Å². The van der Waals surface area contributed by atoms with Crippen molar-refractivity contribution in [3.8, 4) is 5.75 Å². The van der Waals surface area contributed by atoms with E-state index in [1.807, 2.05) is 0 Å². The number of aromatic nitrogens is 1. The lowest BCUT2D eigenvalue weighted by Crippen LogP contribution is -2.19. The molecule has 0 saturated carbocycles. The van der Waals surface area contributed by atoms with Gasteiger partial charge in [-0.1, -0.05) is 0 Å². The van der Waals surface area contributed by atoms with Crippen molar-refractivity contribution in [2.75, 3.05) is 0 Å². The van der Waals surface area contributed by atoms with E-state index in [1.54, 1.807) is 0 Å². The molecule has 1 heterocycles. The molecule has 0 bridgehead atoms. The Morgan fingerprint density at radius 3 is 2.91 bits per heavy atom. The maximum absolute atomic E-state index is 10.7. The molecule has 0 aliphatic carbocycles. The summed E-state index contributed by atoms with van der Waals surface area (Å²) in [6.45, 7) is 0. The van der Waals surface area contributed by atoms with E-state index in [-0.39, 0.29) is 11.4 Å². The Morgan fingerprint density at radius 2 is 2.36 bits per heavy atom.